The van der Waals surface area contributed by atoms with Gasteiger partial charge in [-0.3, -0.25) is 14.7 Å². The zero-order valence-corrected chi connectivity index (χ0v) is 15.2. The quantitative estimate of drug-likeness (QED) is 0.596. The van der Waals surface area contributed by atoms with Crippen LogP contribution in [0.1, 0.15) is 16.8 Å². The van der Waals surface area contributed by atoms with Gasteiger partial charge in [-0.2, -0.15) is 0 Å². The van der Waals surface area contributed by atoms with Crippen LogP contribution in [0.15, 0.2) is 60.0 Å². The van der Waals surface area contributed by atoms with Crippen LogP contribution in [0.3, 0.4) is 0 Å². The number of para-hydroxylation sites is 1. The fourth-order valence-corrected chi connectivity index (χ4v) is 3.64. The molecular formula is C21H18N6O. The standard InChI is InChI=1S/C21H18N6O/c28-21-17-12-27(11-14-7-15-3-1-2-4-18(15)24-8-14)6-5-19(17)25-20(26-21)16-9-22-13-23-10-16/h1-4,7-10,13H,5-6,11-12H2,(H,25,26,28). The first-order chi connectivity index (χ1) is 13.8. The first-order valence-corrected chi connectivity index (χ1v) is 9.20. The third-order valence-corrected chi connectivity index (χ3v) is 5.03. The van der Waals surface area contributed by atoms with E-state index in [1.807, 2.05) is 24.4 Å². The highest BCUT2D eigenvalue weighted by atomic mass is 16.1. The molecule has 1 aromatic carbocycles. The van der Waals surface area contributed by atoms with Gasteiger partial charge in [0.15, 0.2) is 0 Å². The molecular weight excluding hydrogens is 352 g/mol. The fraction of sp³-hybridized carbons (Fsp3) is 0.190. The number of hydrogen-bond acceptors (Lipinski definition) is 6. The van der Waals surface area contributed by atoms with Crippen LogP contribution >= 0.6 is 0 Å². The molecule has 0 saturated carbocycles. The van der Waals surface area contributed by atoms with Crippen LogP contribution in [0.25, 0.3) is 22.3 Å². The Labute approximate surface area is 161 Å². The maximum atomic E-state index is 12.7. The molecule has 7 nitrogen and oxygen atoms in total. The van der Waals surface area contributed by atoms with Crippen molar-refractivity contribution in [3.8, 4) is 11.4 Å². The lowest BCUT2D eigenvalue weighted by Gasteiger charge is -2.27. The Morgan fingerprint density at radius 1 is 1.11 bits per heavy atom. The molecule has 0 atom stereocenters. The molecule has 0 saturated heterocycles. The van der Waals surface area contributed by atoms with E-state index in [1.54, 1.807) is 12.4 Å². The summed E-state index contributed by atoms with van der Waals surface area (Å²) in [5.74, 6) is 0.525. The van der Waals surface area contributed by atoms with E-state index in [4.69, 9.17) is 0 Å². The van der Waals surface area contributed by atoms with Gasteiger partial charge in [0.1, 0.15) is 12.2 Å². The van der Waals surface area contributed by atoms with Gasteiger partial charge < -0.3 is 4.98 Å². The number of nitrogens with zero attached hydrogens (tertiary/aromatic N) is 5. The van der Waals surface area contributed by atoms with E-state index in [0.717, 1.165) is 47.2 Å². The van der Waals surface area contributed by atoms with Crippen LogP contribution in [0.4, 0.5) is 0 Å². The lowest BCUT2D eigenvalue weighted by Crippen LogP contribution is -2.35. The number of hydrogen-bond donors (Lipinski definition) is 1. The third-order valence-electron chi connectivity index (χ3n) is 5.03. The van der Waals surface area contributed by atoms with Gasteiger partial charge in [-0.05, 0) is 17.7 Å². The number of fused-ring (bicyclic) bond motifs is 2. The third kappa shape index (κ3) is 3.16. The van der Waals surface area contributed by atoms with E-state index in [2.05, 4.69) is 42.0 Å². The number of nitrogens with one attached hydrogen (secondary N) is 1. The van der Waals surface area contributed by atoms with Crippen molar-refractivity contribution in [3.63, 3.8) is 0 Å². The zero-order chi connectivity index (χ0) is 18.9. The lowest BCUT2D eigenvalue weighted by molar-refractivity contribution is 0.241. The molecule has 5 rings (SSSR count). The predicted molar refractivity (Wildman–Crippen MR) is 105 cm³/mol. The van der Waals surface area contributed by atoms with Gasteiger partial charge in [-0.1, -0.05) is 18.2 Å². The molecule has 28 heavy (non-hydrogen) atoms. The Hall–Kier alpha value is -3.45. The number of pyridine rings is 1. The molecule has 1 aliphatic rings. The van der Waals surface area contributed by atoms with Gasteiger partial charge in [-0.15, -0.1) is 0 Å². The summed E-state index contributed by atoms with van der Waals surface area (Å²) < 4.78 is 0. The highest BCUT2D eigenvalue weighted by molar-refractivity contribution is 5.78. The summed E-state index contributed by atoms with van der Waals surface area (Å²) in [6.45, 7) is 2.18. The van der Waals surface area contributed by atoms with Crippen LogP contribution in [-0.4, -0.2) is 36.4 Å². The van der Waals surface area contributed by atoms with E-state index in [1.165, 1.54) is 6.33 Å². The van der Waals surface area contributed by atoms with E-state index in [-0.39, 0.29) is 5.56 Å². The second-order valence-electron chi connectivity index (χ2n) is 6.96. The average molecular weight is 370 g/mol. The van der Waals surface area contributed by atoms with Crippen molar-refractivity contribution in [2.24, 2.45) is 0 Å². The van der Waals surface area contributed by atoms with E-state index in [9.17, 15) is 4.79 Å². The smallest absolute Gasteiger partial charge is 0.255 e. The van der Waals surface area contributed by atoms with Crippen molar-refractivity contribution in [2.45, 2.75) is 19.5 Å². The number of H-pyrrole nitrogens is 1. The molecule has 0 fully saturated rings. The Bertz CT molecular complexity index is 1200. The van der Waals surface area contributed by atoms with Crippen molar-refractivity contribution < 1.29 is 0 Å². The monoisotopic (exact) mass is 370 g/mol. The zero-order valence-electron chi connectivity index (χ0n) is 15.2. The molecule has 0 bridgehead atoms. The summed E-state index contributed by atoms with van der Waals surface area (Å²) in [6.07, 6.45) is 7.42. The van der Waals surface area contributed by atoms with Crippen molar-refractivity contribution >= 4 is 10.9 Å². The Morgan fingerprint density at radius 3 is 2.86 bits per heavy atom. The van der Waals surface area contributed by atoms with E-state index >= 15 is 0 Å². The van der Waals surface area contributed by atoms with Crippen LogP contribution < -0.4 is 5.56 Å². The maximum absolute atomic E-state index is 12.7. The summed E-state index contributed by atoms with van der Waals surface area (Å²) >= 11 is 0. The second kappa shape index (κ2) is 6.94. The molecule has 138 valence electrons. The largest absolute Gasteiger partial charge is 0.306 e. The van der Waals surface area contributed by atoms with Gasteiger partial charge in [-0.25, -0.2) is 15.0 Å². The summed E-state index contributed by atoms with van der Waals surface area (Å²) in [5, 5.41) is 1.13. The van der Waals surface area contributed by atoms with Gasteiger partial charge in [0.2, 0.25) is 0 Å². The van der Waals surface area contributed by atoms with Crippen molar-refractivity contribution in [3.05, 3.63) is 82.4 Å². The van der Waals surface area contributed by atoms with Crippen molar-refractivity contribution in [1.82, 2.24) is 29.8 Å². The van der Waals surface area contributed by atoms with Gasteiger partial charge in [0.05, 0.1) is 22.3 Å². The Balaban J connectivity index is 1.39. The van der Waals surface area contributed by atoms with Gasteiger partial charge >= 0.3 is 0 Å². The summed E-state index contributed by atoms with van der Waals surface area (Å²) in [7, 11) is 0. The highest BCUT2D eigenvalue weighted by Crippen LogP contribution is 2.20. The number of benzene rings is 1. The topological polar surface area (TPSA) is 87.7 Å². The molecule has 0 radical (unpaired) electrons. The summed E-state index contributed by atoms with van der Waals surface area (Å²) in [4.78, 5) is 35.0. The molecule has 4 heterocycles. The first kappa shape index (κ1) is 16.7. The molecule has 1 N–H and O–H groups in total. The maximum Gasteiger partial charge on any atom is 0.255 e. The second-order valence-corrected chi connectivity index (χ2v) is 6.96. The molecule has 7 heteroatoms. The minimum absolute atomic E-state index is 0.0924. The molecule has 4 aromatic rings. The van der Waals surface area contributed by atoms with Gasteiger partial charge in [0, 0.05) is 50.0 Å². The number of aromatic amines is 1. The first-order valence-electron chi connectivity index (χ1n) is 9.20. The van der Waals surface area contributed by atoms with Crippen molar-refractivity contribution in [1.29, 1.82) is 0 Å². The van der Waals surface area contributed by atoms with Crippen LogP contribution in [0, 0.1) is 0 Å². The predicted octanol–water partition coefficient (Wildman–Crippen LogP) is 2.33. The Kier molecular flexibility index (Phi) is 4.14. The average Bonchev–Trinajstić information content (AvgIpc) is 2.74. The summed E-state index contributed by atoms with van der Waals surface area (Å²) in [6, 6.07) is 10.3. The number of rotatable bonds is 3. The van der Waals surface area contributed by atoms with Crippen molar-refractivity contribution in [2.75, 3.05) is 6.54 Å². The molecule has 0 aliphatic carbocycles. The van der Waals surface area contributed by atoms with E-state index < -0.39 is 0 Å². The molecule has 3 aromatic heterocycles. The van der Waals surface area contributed by atoms with Crippen LogP contribution in [0.5, 0.6) is 0 Å². The van der Waals surface area contributed by atoms with Crippen LogP contribution in [0.2, 0.25) is 0 Å². The molecule has 0 spiro atoms. The SMILES string of the molecule is O=c1[nH]c(-c2cncnc2)nc2c1CN(Cc1cnc3ccccc3c1)CC2. The number of aromatic nitrogens is 5. The molecule has 0 unspecified atom stereocenters. The molecule has 1 aliphatic heterocycles. The van der Waals surface area contributed by atoms with Gasteiger partial charge in [0.25, 0.3) is 5.56 Å². The summed E-state index contributed by atoms with van der Waals surface area (Å²) in [5.41, 5.74) is 4.35. The molecule has 0 amide bonds. The highest BCUT2D eigenvalue weighted by Gasteiger charge is 2.21. The normalized spacial score (nSPS) is 14.1. The minimum Gasteiger partial charge on any atom is -0.306 e. The van der Waals surface area contributed by atoms with E-state index in [0.29, 0.717) is 17.9 Å². The fourth-order valence-electron chi connectivity index (χ4n) is 3.64. The van der Waals surface area contributed by atoms with Crippen LogP contribution in [-0.2, 0) is 19.5 Å². The Morgan fingerprint density at radius 2 is 1.96 bits per heavy atom. The minimum atomic E-state index is -0.0924. The lowest BCUT2D eigenvalue weighted by atomic mass is 10.1.